The van der Waals surface area contributed by atoms with Crippen LogP contribution in [0.2, 0.25) is 4.34 Å². The van der Waals surface area contributed by atoms with Crippen LogP contribution >= 0.6 is 22.9 Å². The SMILES string of the molecule is COCCNC(=O)c1cc2sc(Cl)cc2n1C. The number of carbonyl (C=O) groups excluding carboxylic acids is 1. The smallest absolute Gasteiger partial charge is 0.268 e. The van der Waals surface area contributed by atoms with E-state index >= 15 is 0 Å². The molecule has 2 rings (SSSR count). The fraction of sp³-hybridized carbons (Fsp3) is 0.364. The van der Waals surface area contributed by atoms with Gasteiger partial charge in [0.15, 0.2) is 0 Å². The van der Waals surface area contributed by atoms with E-state index in [0.29, 0.717) is 18.8 Å². The summed E-state index contributed by atoms with van der Waals surface area (Å²) in [6.07, 6.45) is 0. The lowest BCUT2D eigenvalue weighted by atomic mass is 10.4. The lowest BCUT2D eigenvalue weighted by molar-refractivity contribution is 0.0929. The third-order valence-electron chi connectivity index (χ3n) is 2.53. The number of fused-ring (bicyclic) bond motifs is 1. The molecule has 4 nitrogen and oxygen atoms in total. The number of rotatable bonds is 4. The van der Waals surface area contributed by atoms with Crippen LogP contribution in [0, 0.1) is 0 Å². The van der Waals surface area contributed by atoms with Crippen LogP contribution in [0.25, 0.3) is 10.2 Å². The maximum atomic E-state index is 11.9. The zero-order valence-corrected chi connectivity index (χ0v) is 11.2. The van der Waals surface area contributed by atoms with E-state index in [-0.39, 0.29) is 5.91 Å². The lowest BCUT2D eigenvalue weighted by Crippen LogP contribution is -2.28. The van der Waals surface area contributed by atoms with Crippen molar-refractivity contribution in [1.82, 2.24) is 9.88 Å². The topological polar surface area (TPSA) is 43.3 Å². The van der Waals surface area contributed by atoms with Crippen LogP contribution in [0.5, 0.6) is 0 Å². The van der Waals surface area contributed by atoms with Gasteiger partial charge in [-0.05, 0) is 12.1 Å². The molecule has 0 aliphatic carbocycles. The van der Waals surface area contributed by atoms with Gasteiger partial charge in [0, 0.05) is 20.7 Å². The summed E-state index contributed by atoms with van der Waals surface area (Å²) in [6, 6.07) is 3.72. The van der Waals surface area contributed by atoms with E-state index < -0.39 is 0 Å². The van der Waals surface area contributed by atoms with E-state index in [2.05, 4.69) is 5.32 Å². The van der Waals surface area contributed by atoms with E-state index in [1.165, 1.54) is 11.3 Å². The molecule has 0 bridgehead atoms. The van der Waals surface area contributed by atoms with Crippen molar-refractivity contribution in [2.45, 2.75) is 0 Å². The zero-order chi connectivity index (χ0) is 12.4. The molecular formula is C11H13ClN2O2S. The van der Waals surface area contributed by atoms with Gasteiger partial charge in [-0.25, -0.2) is 0 Å². The van der Waals surface area contributed by atoms with Crippen molar-refractivity contribution >= 4 is 39.1 Å². The first-order chi connectivity index (χ1) is 8.13. The Morgan fingerprint density at radius 2 is 2.35 bits per heavy atom. The Hall–Kier alpha value is -1.04. The monoisotopic (exact) mass is 272 g/mol. The lowest BCUT2D eigenvalue weighted by Gasteiger charge is -2.05. The predicted octanol–water partition coefficient (Wildman–Crippen LogP) is 2.27. The summed E-state index contributed by atoms with van der Waals surface area (Å²) in [5.74, 6) is -0.0935. The number of ether oxygens (including phenoxy) is 1. The van der Waals surface area contributed by atoms with E-state index in [0.717, 1.165) is 14.6 Å². The highest BCUT2D eigenvalue weighted by molar-refractivity contribution is 7.22. The molecule has 0 saturated heterocycles. The normalized spacial score (nSPS) is 11.0. The zero-order valence-electron chi connectivity index (χ0n) is 9.62. The summed E-state index contributed by atoms with van der Waals surface area (Å²) in [5, 5.41) is 2.79. The average Bonchev–Trinajstić information content (AvgIpc) is 2.78. The number of nitrogens with zero attached hydrogens (tertiary/aromatic N) is 1. The number of hydrogen-bond donors (Lipinski definition) is 1. The van der Waals surface area contributed by atoms with Gasteiger partial charge in [-0.2, -0.15) is 0 Å². The average molecular weight is 273 g/mol. The Balaban J connectivity index is 2.20. The quantitative estimate of drug-likeness (QED) is 0.868. The molecule has 0 aliphatic heterocycles. The molecule has 0 atom stereocenters. The number of aromatic nitrogens is 1. The van der Waals surface area contributed by atoms with Gasteiger partial charge in [0.05, 0.1) is 21.2 Å². The van der Waals surface area contributed by atoms with Crippen molar-refractivity contribution in [3.8, 4) is 0 Å². The molecule has 0 aromatic carbocycles. The second-order valence-electron chi connectivity index (χ2n) is 3.64. The van der Waals surface area contributed by atoms with Crippen molar-refractivity contribution in [1.29, 1.82) is 0 Å². The van der Waals surface area contributed by atoms with Crippen molar-refractivity contribution in [3.63, 3.8) is 0 Å². The van der Waals surface area contributed by atoms with Crippen molar-refractivity contribution < 1.29 is 9.53 Å². The van der Waals surface area contributed by atoms with Gasteiger partial charge in [0.2, 0.25) is 0 Å². The highest BCUT2D eigenvalue weighted by Crippen LogP contribution is 2.31. The number of aryl methyl sites for hydroxylation is 1. The van der Waals surface area contributed by atoms with E-state index in [4.69, 9.17) is 16.3 Å². The number of nitrogens with one attached hydrogen (secondary N) is 1. The van der Waals surface area contributed by atoms with Gasteiger partial charge in [0.25, 0.3) is 5.91 Å². The first-order valence-corrected chi connectivity index (χ1v) is 6.35. The fourth-order valence-corrected chi connectivity index (χ4v) is 2.86. The molecule has 2 aromatic rings. The second-order valence-corrected chi connectivity index (χ2v) is 5.35. The molecule has 0 fully saturated rings. The van der Waals surface area contributed by atoms with Gasteiger partial charge in [-0.1, -0.05) is 11.6 Å². The van der Waals surface area contributed by atoms with Crippen LogP contribution in [0.4, 0.5) is 0 Å². The summed E-state index contributed by atoms with van der Waals surface area (Å²) >= 11 is 7.39. The molecule has 0 aliphatic rings. The molecule has 1 amide bonds. The highest BCUT2D eigenvalue weighted by atomic mass is 35.5. The third kappa shape index (κ3) is 2.46. The minimum atomic E-state index is -0.0935. The van der Waals surface area contributed by atoms with Gasteiger partial charge < -0.3 is 14.6 Å². The summed E-state index contributed by atoms with van der Waals surface area (Å²) in [7, 11) is 3.46. The van der Waals surface area contributed by atoms with Gasteiger partial charge in [0.1, 0.15) is 5.69 Å². The van der Waals surface area contributed by atoms with E-state index in [9.17, 15) is 4.79 Å². The number of halogens is 1. The Bertz CT molecular complexity index is 547. The van der Waals surface area contributed by atoms with Crippen molar-refractivity contribution in [3.05, 3.63) is 22.2 Å². The largest absolute Gasteiger partial charge is 0.383 e. The first-order valence-electron chi connectivity index (χ1n) is 5.15. The minimum Gasteiger partial charge on any atom is -0.383 e. The fourth-order valence-electron chi connectivity index (χ4n) is 1.66. The second kappa shape index (κ2) is 5.08. The van der Waals surface area contributed by atoms with Crippen LogP contribution in [0.1, 0.15) is 10.5 Å². The third-order valence-corrected chi connectivity index (χ3v) is 3.73. The number of methoxy groups -OCH3 is 1. The Kier molecular flexibility index (Phi) is 3.71. The van der Waals surface area contributed by atoms with E-state index in [1.54, 1.807) is 7.11 Å². The molecule has 0 unspecified atom stereocenters. The first kappa shape index (κ1) is 12.4. The summed E-state index contributed by atoms with van der Waals surface area (Å²) in [5.41, 5.74) is 1.62. The molecule has 0 spiro atoms. The molecule has 2 heterocycles. The highest BCUT2D eigenvalue weighted by Gasteiger charge is 2.14. The molecule has 0 saturated carbocycles. The minimum absolute atomic E-state index is 0.0935. The summed E-state index contributed by atoms with van der Waals surface area (Å²) < 4.78 is 8.48. The van der Waals surface area contributed by atoms with Crippen LogP contribution in [-0.2, 0) is 11.8 Å². The Labute approximate surface area is 108 Å². The predicted molar refractivity (Wildman–Crippen MR) is 70.0 cm³/mol. The number of carbonyl (C=O) groups is 1. The molecule has 92 valence electrons. The van der Waals surface area contributed by atoms with Gasteiger partial charge in [-0.3, -0.25) is 4.79 Å². The van der Waals surface area contributed by atoms with Crippen molar-refractivity contribution in [2.24, 2.45) is 7.05 Å². The molecule has 0 radical (unpaired) electrons. The van der Waals surface area contributed by atoms with Crippen LogP contribution in [0.3, 0.4) is 0 Å². The summed E-state index contributed by atoms with van der Waals surface area (Å²) in [4.78, 5) is 11.9. The maximum Gasteiger partial charge on any atom is 0.268 e. The number of amides is 1. The van der Waals surface area contributed by atoms with Gasteiger partial charge >= 0.3 is 0 Å². The van der Waals surface area contributed by atoms with Crippen LogP contribution in [0.15, 0.2) is 12.1 Å². The van der Waals surface area contributed by atoms with E-state index in [1.807, 2.05) is 23.7 Å². The standard InChI is InChI=1S/C11H13ClN2O2S/c1-14-7-6-10(12)17-9(7)5-8(14)11(15)13-3-4-16-2/h5-6H,3-4H2,1-2H3,(H,13,15). The molecule has 1 N–H and O–H groups in total. The Morgan fingerprint density at radius 3 is 3.00 bits per heavy atom. The molecule has 6 heteroatoms. The van der Waals surface area contributed by atoms with Crippen LogP contribution in [-0.4, -0.2) is 30.7 Å². The van der Waals surface area contributed by atoms with Crippen molar-refractivity contribution in [2.75, 3.05) is 20.3 Å². The number of thiophene rings is 1. The van der Waals surface area contributed by atoms with Crippen LogP contribution < -0.4 is 5.32 Å². The summed E-state index contributed by atoms with van der Waals surface area (Å²) in [6.45, 7) is 1.02. The molecule has 17 heavy (non-hydrogen) atoms. The molecular weight excluding hydrogens is 260 g/mol. The number of hydrogen-bond acceptors (Lipinski definition) is 3. The molecule has 2 aromatic heterocycles. The maximum absolute atomic E-state index is 11.9. The Morgan fingerprint density at radius 1 is 1.59 bits per heavy atom. The van der Waals surface area contributed by atoms with Gasteiger partial charge in [-0.15, -0.1) is 11.3 Å².